The number of benzene rings is 2. The molecule has 2 atom stereocenters. The lowest BCUT2D eigenvalue weighted by molar-refractivity contribution is -0.137. The molecule has 4 heteroatoms. The van der Waals surface area contributed by atoms with Crippen LogP contribution in [0.25, 0.3) is 0 Å². The first kappa shape index (κ1) is 18.5. The molecular formula is C22H28N2O2. The van der Waals surface area contributed by atoms with E-state index in [1.165, 1.54) is 5.56 Å². The SMILES string of the molecule is COc1ccccc1C1CN(C(=O)C(C)Cc2ccccc2)CCN1C. The lowest BCUT2D eigenvalue weighted by atomic mass is 9.97. The number of amides is 1. The minimum absolute atomic E-state index is 0.0147. The molecule has 1 amide bonds. The predicted octanol–water partition coefficient (Wildman–Crippen LogP) is 3.39. The van der Waals surface area contributed by atoms with Crippen LogP contribution in [0.15, 0.2) is 54.6 Å². The molecule has 2 aromatic carbocycles. The van der Waals surface area contributed by atoms with E-state index >= 15 is 0 Å². The molecule has 0 saturated carbocycles. The van der Waals surface area contributed by atoms with Crippen molar-refractivity contribution in [2.24, 2.45) is 5.92 Å². The van der Waals surface area contributed by atoms with E-state index in [-0.39, 0.29) is 17.9 Å². The molecule has 138 valence electrons. The molecule has 0 bridgehead atoms. The number of methoxy groups -OCH3 is 1. The van der Waals surface area contributed by atoms with Gasteiger partial charge in [-0.25, -0.2) is 0 Å². The first-order valence-electron chi connectivity index (χ1n) is 9.26. The molecule has 1 fully saturated rings. The van der Waals surface area contributed by atoms with Gasteiger partial charge in [0.1, 0.15) is 5.75 Å². The third-order valence-electron chi connectivity index (χ3n) is 5.26. The van der Waals surface area contributed by atoms with E-state index in [2.05, 4.69) is 30.1 Å². The second-order valence-electron chi connectivity index (χ2n) is 7.11. The molecule has 26 heavy (non-hydrogen) atoms. The summed E-state index contributed by atoms with van der Waals surface area (Å²) in [6.07, 6.45) is 0.783. The van der Waals surface area contributed by atoms with Crippen LogP contribution in [0.2, 0.25) is 0 Å². The highest BCUT2D eigenvalue weighted by Crippen LogP contribution is 2.31. The van der Waals surface area contributed by atoms with Crippen LogP contribution in [-0.4, -0.2) is 49.5 Å². The van der Waals surface area contributed by atoms with E-state index in [0.29, 0.717) is 6.54 Å². The lowest BCUT2D eigenvalue weighted by Gasteiger charge is -2.41. The van der Waals surface area contributed by atoms with E-state index in [1.54, 1.807) is 7.11 Å². The first-order valence-corrected chi connectivity index (χ1v) is 9.26. The van der Waals surface area contributed by atoms with E-state index < -0.39 is 0 Å². The Morgan fingerprint density at radius 2 is 1.81 bits per heavy atom. The topological polar surface area (TPSA) is 32.8 Å². The standard InChI is InChI=1S/C22H28N2O2/c1-17(15-18-9-5-4-6-10-18)22(25)24-14-13-23(2)20(16-24)19-11-7-8-12-21(19)26-3/h4-12,17,20H,13-16H2,1-3H3. The third kappa shape index (κ3) is 4.07. The van der Waals surface area contributed by atoms with Gasteiger partial charge in [0, 0.05) is 31.1 Å². The molecular weight excluding hydrogens is 324 g/mol. The Balaban J connectivity index is 1.72. The van der Waals surface area contributed by atoms with Gasteiger partial charge in [-0.1, -0.05) is 55.5 Å². The van der Waals surface area contributed by atoms with E-state index in [4.69, 9.17) is 4.74 Å². The predicted molar refractivity (Wildman–Crippen MR) is 104 cm³/mol. The Hall–Kier alpha value is -2.33. The quantitative estimate of drug-likeness (QED) is 0.827. The minimum atomic E-state index is -0.0147. The second-order valence-corrected chi connectivity index (χ2v) is 7.11. The summed E-state index contributed by atoms with van der Waals surface area (Å²) in [5.74, 6) is 1.11. The number of carbonyl (C=O) groups excluding carboxylic acids is 1. The lowest BCUT2D eigenvalue weighted by Crippen LogP contribution is -2.50. The maximum Gasteiger partial charge on any atom is 0.225 e. The van der Waals surface area contributed by atoms with Crippen LogP contribution in [0, 0.1) is 5.92 Å². The Morgan fingerprint density at radius 3 is 2.54 bits per heavy atom. The zero-order valence-corrected chi connectivity index (χ0v) is 15.9. The van der Waals surface area contributed by atoms with Crippen LogP contribution in [0.4, 0.5) is 0 Å². The Bertz CT molecular complexity index is 732. The number of likely N-dealkylation sites (N-methyl/N-ethyl adjacent to an activating group) is 1. The van der Waals surface area contributed by atoms with Crippen molar-refractivity contribution in [3.05, 3.63) is 65.7 Å². The number of nitrogens with zero attached hydrogens (tertiary/aromatic N) is 2. The zero-order valence-electron chi connectivity index (χ0n) is 15.9. The van der Waals surface area contributed by atoms with Crippen molar-refractivity contribution < 1.29 is 9.53 Å². The fraction of sp³-hybridized carbons (Fsp3) is 0.409. The number of piperazine rings is 1. The normalized spacial score (nSPS) is 19.2. The van der Waals surface area contributed by atoms with Crippen LogP contribution < -0.4 is 4.74 Å². The summed E-state index contributed by atoms with van der Waals surface area (Å²) in [6.45, 7) is 4.38. The molecule has 1 heterocycles. The summed E-state index contributed by atoms with van der Waals surface area (Å²) in [5.41, 5.74) is 2.36. The molecule has 0 aromatic heterocycles. The van der Waals surface area contributed by atoms with Crippen molar-refractivity contribution in [3.63, 3.8) is 0 Å². The highest BCUT2D eigenvalue weighted by molar-refractivity contribution is 5.79. The number of ether oxygens (including phenoxy) is 1. The fourth-order valence-corrected chi connectivity index (χ4v) is 3.72. The van der Waals surface area contributed by atoms with Crippen molar-refractivity contribution in [2.45, 2.75) is 19.4 Å². The average molecular weight is 352 g/mol. The summed E-state index contributed by atoms with van der Waals surface area (Å²) in [6, 6.07) is 18.5. The van der Waals surface area contributed by atoms with Crippen molar-refractivity contribution in [2.75, 3.05) is 33.8 Å². The largest absolute Gasteiger partial charge is 0.496 e. The van der Waals surface area contributed by atoms with Gasteiger partial charge in [0.15, 0.2) is 0 Å². The Morgan fingerprint density at radius 1 is 1.12 bits per heavy atom. The fourth-order valence-electron chi connectivity index (χ4n) is 3.72. The molecule has 1 saturated heterocycles. The van der Waals surface area contributed by atoms with Crippen LogP contribution in [0.3, 0.4) is 0 Å². The van der Waals surface area contributed by atoms with Gasteiger partial charge in [-0.3, -0.25) is 9.69 Å². The highest BCUT2D eigenvalue weighted by Gasteiger charge is 2.31. The van der Waals surface area contributed by atoms with Crippen molar-refractivity contribution in [3.8, 4) is 5.75 Å². The van der Waals surface area contributed by atoms with Crippen molar-refractivity contribution in [1.29, 1.82) is 0 Å². The number of hydrogen-bond donors (Lipinski definition) is 0. The van der Waals surface area contributed by atoms with Gasteiger partial charge in [0.2, 0.25) is 5.91 Å². The van der Waals surface area contributed by atoms with Crippen LogP contribution in [0.1, 0.15) is 24.1 Å². The molecule has 4 nitrogen and oxygen atoms in total. The second kappa shape index (κ2) is 8.37. The summed E-state index contributed by atoms with van der Waals surface area (Å²) < 4.78 is 5.54. The van der Waals surface area contributed by atoms with Gasteiger partial charge in [0.25, 0.3) is 0 Å². The third-order valence-corrected chi connectivity index (χ3v) is 5.26. The summed E-state index contributed by atoms with van der Waals surface area (Å²) in [4.78, 5) is 17.3. The average Bonchev–Trinajstić information content (AvgIpc) is 2.68. The molecule has 0 radical (unpaired) electrons. The first-order chi connectivity index (χ1) is 12.6. The molecule has 2 unspecified atom stereocenters. The number of rotatable bonds is 5. The summed E-state index contributed by atoms with van der Waals surface area (Å²) in [5, 5.41) is 0. The monoisotopic (exact) mass is 352 g/mol. The van der Waals surface area contributed by atoms with Gasteiger partial charge in [-0.15, -0.1) is 0 Å². The molecule has 0 aliphatic carbocycles. The number of para-hydroxylation sites is 1. The smallest absolute Gasteiger partial charge is 0.225 e. The molecule has 2 aromatic rings. The summed E-state index contributed by atoms with van der Waals surface area (Å²) in [7, 11) is 3.82. The highest BCUT2D eigenvalue weighted by atomic mass is 16.5. The van der Waals surface area contributed by atoms with Crippen LogP contribution in [-0.2, 0) is 11.2 Å². The Labute approximate surface area is 156 Å². The molecule has 3 rings (SSSR count). The summed E-state index contributed by atoms with van der Waals surface area (Å²) >= 11 is 0. The molecule has 0 N–H and O–H groups in total. The maximum atomic E-state index is 13.0. The van der Waals surface area contributed by atoms with E-state index in [9.17, 15) is 4.79 Å². The van der Waals surface area contributed by atoms with Gasteiger partial charge in [0.05, 0.1) is 13.2 Å². The van der Waals surface area contributed by atoms with Crippen LogP contribution in [0.5, 0.6) is 5.75 Å². The maximum absolute atomic E-state index is 13.0. The van der Waals surface area contributed by atoms with Crippen molar-refractivity contribution >= 4 is 5.91 Å². The van der Waals surface area contributed by atoms with Gasteiger partial charge < -0.3 is 9.64 Å². The zero-order chi connectivity index (χ0) is 18.5. The molecule has 0 spiro atoms. The molecule has 1 aliphatic rings. The van der Waals surface area contributed by atoms with E-state index in [1.807, 2.05) is 48.2 Å². The van der Waals surface area contributed by atoms with Crippen LogP contribution >= 0.6 is 0 Å². The molecule has 1 aliphatic heterocycles. The minimum Gasteiger partial charge on any atom is -0.496 e. The van der Waals surface area contributed by atoms with Crippen molar-refractivity contribution in [1.82, 2.24) is 9.80 Å². The number of carbonyl (C=O) groups is 1. The number of hydrogen-bond acceptors (Lipinski definition) is 3. The van der Waals surface area contributed by atoms with Gasteiger partial charge >= 0.3 is 0 Å². The van der Waals surface area contributed by atoms with Gasteiger partial charge in [-0.05, 0) is 25.1 Å². The van der Waals surface area contributed by atoms with Gasteiger partial charge in [-0.2, -0.15) is 0 Å². The Kier molecular flexibility index (Phi) is 5.94. The van der Waals surface area contributed by atoms with E-state index in [0.717, 1.165) is 30.8 Å².